The lowest BCUT2D eigenvalue weighted by Crippen LogP contribution is -2.13. The molecule has 10 aromatic carbocycles. The van der Waals surface area contributed by atoms with E-state index in [9.17, 15) is 20.4 Å². The molecule has 0 aliphatic carbocycles. The average molecular weight is 1730 g/mol. The number of phenolic OH excluding ortho intramolecular Hbond substituents is 4. The number of aromatic hydroxyl groups is 4. The molecule has 13 rings (SSSR count). The van der Waals surface area contributed by atoms with Crippen molar-refractivity contribution in [3.63, 3.8) is 0 Å². The van der Waals surface area contributed by atoms with Crippen LogP contribution in [-0.2, 0) is 69.7 Å². The number of fused-ring (bicyclic) bond motifs is 8. The molecule has 3 heterocycles. The predicted octanol–water partition coefficient (Wildman–Crippen LogP) is 30.0. The zero-order valence-corrected chi connectivity index (χ0v) is 80.4. The summed E-state index contributed by atoms with van der Waals surface area (Å²) in [5, 5.41) is 53.7. The fourth-order valence-corrected chi connectivity index (χ4v) is 23.4. The molecule has 10 aromatic rings. The Hall–Kier alpha value is -7.00. The first-order chi connectivity index (χ1) is 54.8. The molecular weight excluding hydrogens is 1620 g/mol. The smallest absolute Gasteiger partial charge is 0.147 e. The fourth-order valence-electron chi connectivity index (χ4n) is 14.3. The maximum Gasteiger partial charge on any atom is 0.147 e. The number of rotatable bonds is 2. The molecule has 0 aromatic heterocycles. The molecule has 0 amide bonds. The Morgan fingerprint density at radius 1 is 0.220 bits per heavy atom. The van der Waals surface area contributed by atoms with E-state index in [4.69, 9.17) is 28.4 Å². The SMILES string of the molecule is COc1c2cc(C)cc1COc1c3cc(C(C)(C)C)cc1Sc1cc(C(C)(C)C)cc(c1O)Sc1cc(C(C)(C)C)cc(c1OCc1cc(C)cc(c1OC)COc1c4cc(C(C)(C)C)cc1Sc1cc(C(C)(C)C)cc(c1O)Sc1cc(C(C)(C)C)cc(c1OC2)Sc1cc(C(C)(C)C)cc(c1O)S4)Sc1cc(C(C)(C)C)cc(c1O)S3. The monoisotopic (exact) mass is 1730 g/mol. The summed E-state index contributed by atoms with van der Waals surface area (Å²) >= 11 is 11.8. The van der Waals surface area contributed by atoms with E-state index in [1.54, 1.807) is 14.2 Å². The lowest BCUT2D eigenvalue weighted by molar-refractivity contribution is 0.270. The van der Waals surface area contributed by atoms with Crippen LogP contribution < -0.4 is 28.4 Å². The van der Waals surface area contributed by atoms with Gasteiger partial charge in [0.15, 0.2) is 0 Å². The molecular formula is C100H116O10S8. The van der Waals surface area contributed by atoms with Crippen molar-refractivity contribution in [1.82, 2.24) is 0 Å². The quantitative estimate of drug-likeness (QED) is 0.131. The van der Waals surface area contributed by atoms with Crippen molar-refractivity contribution < 1.29 is 48.8 Å². The first-order valence-electron chi connectivity index (χ1n) is 40.3. The Labute approximate surface area is 735 Å². The lowest BCUT2D eigenvalue weighted by atomic mass is 9.87. The van der Waals surface area contributed by atoms with E-state index in [-0.39, 0.29) is 92.7 Å². The third-order valence-electron chi connectivity index (χ3n) is 21.6. The second-order valence-electron chi connectivity index (χ2n) is 39.7. The first kappa shape index (κ1) is 88.8. The summed E-state index contributed by atoms with van der Waals surface area (Å²) in [5.74, 6) is 3.92. The van der Waals surface area contributed by atoms with Gasteiger partial charge in [0.2, 0.25) is 0 Å². The minimum atomic E-state index is -0.371. The van der Waals surface area contributed by atoms with Crippen LogP contribution in [0.1, 0.15) is 244 Å². The van der Waals surface area contributed by atoms with Gasteiger partial charge in [0.1, 0.15) is 83.9 Å². The van der Waals surface area contributed by atoms with E-state index in [1.165, 1.54) is 94.1 Å². The van der Waals surface area contributed by atoms with Gasteiger partial charge in [0.05, 0.1) is 92.5 Å². The molecule has 3 aliphatic heterocycles. The molecule has 0 saturated heterocycles. The van der Waals surface area contributed by atoms with Crippen molar-refractivity contribution >= 4 is 94.1 Å². The van der Waals surface area contributed by atoms with Gasteiger partial charge in [-0.05, 0) is 223 Å². The summed E-state index contributed by atoms with van der Waals surface area (Å²) in [4.78, 5) is 11.3. The van der Waals surface area contributed by atoms with Gasteiger partial charge >= 0.3 is 0 Å². The Morgan fingerprint density at radius 2 is 0.347 bits per heavy atom. The van der Waals surface area contributed by atoms with Crippen LogP contribution >= 0.6 is 94.1 Å². The fraction of sp³-hybridized carbons (Fsp3) is 0.400. The van der Waals surface area contributed by atoms with Crippen LogP contribution in [0.4, 0.5) is 0 Å². The zero-order chi connectivity index (χ0) is 86.0. The third-order valence-corrected chi connectivity index (χ3v) is 30.0. The van der Waals surface area contributed by atoms with Gasteiger partial charge < -0.3 is 48.8 Å². The van der Waals surface area contributed by atoms with Crippen LogP contribution in [0.15, 0.2) is 200 Å². The normalized spacial score (nSPS) is 14.6. The Kier molecular flexibility index (Phi) is 24.8. The van der Waals surface area contributed by atoms with Crippen molar-refractivity contribution in [3.05, 3.63) is 199 Å². The average Bonchev–Trinajstić information content (AvgIpc) is 0.762. The van der Waals surface area contributed by atoms with Gasteiger partial charge in [0, 0.05) is 22.3 Å². The Morgan fingerprint density at radius 3 is 0.466 bits per heavy atom. The lowest BCUT2D eigenvalue weighted by Gasteiger charge is -2.28. The number of phenols is 4. The van der Waals surface area contributed by atoms with Crippen LogP contribution in [0.2, 0.25) is 0 Å². The molecule has 0 fully saturated rings. The van der Waals surface area contributed by atoms with Gasteiger partial charge in [-0.1, -0.05) is 271 Å². The molecule has 0 spiro atoms. The topological polar surface area (TPSA) is 136 Å². The zero-order valence-electron chi connectivity index (χ0n) is 73.9. The first-order valence-corrected chi connectivity index (χ1v) is 46.8. The van der Waals surface area contributed by atoms with Gasteiger partial charge in [-0.15, -0.1) is 0 Å². The van der Waals surface area contributed by atoms with Gasteiger partial charge in [-0.25, -0.2) is 0 Å². The summed E-state index contributed by atoms with van der Waals surface area (Å²) < 4.78 is 43.5. The van der Waals surface area contributed by atoms with Gasteiger partial charge in [0.25, 0.3) is 0 Å². The Bertz CT molecular complexity index is 4740. The summed E-state index contributed by atoms with van der Waals surface area (Å²) in [5.41, 5.74) is 10.3. The standard InChI is InChI=1S/C100H116O10S8/c1-53-29-55-49-107-89-75-41-63(97(15,16)17)42-76(89)112-68-34-60(94(6,7)8)38-72(84(68)102)116-80-46-65(99(21,22)23)45-79(115-71-37-59(93(3,4)5)33-67(111-75)83(71)101)91(80)109-51-57-31-54(2)32-58(88(57)106-28)52-110-92-81-47-66(100(24,25)26)48-82(92)118-74-40-62(96(12,13)14)36-70(86(74)104)114-78-44-64(98(18,19)20)43-77(90(78)108-50-56(30-53)87(55)105-27)113-69-35-61(95(9,10)11)39-73(117-81)85(69)103/h29-48,101-104H,49-52H2,1-28H3. The molecule has 4 N–H and O–H groups in total. The summed E-state index contributed by atoms with van der Waals surface area (Å²) in [6.07, 6.45) is 0. The highest BCUT2D eigenvalue weighted by atomic mass is 32.2. The van der Waals surface area contributed by atoms with Crippen LogP contribution in [0.25, 0.3) is 0 Å². The van der Waals surface area contributed by atoms with E-state index in [0.29, 0.717) is 73.7 Å². The molecule has 3 aliphatic rings. The largest absolute Gasteiger partial charge is 0.506 e. The number of hydrogen-bond acceptors (Lipinski definition) is 18. The van der Waals surface area contributed by atoms with E-state index in [0.717, 1.165) is 117 Å². The summed E-state index contributed by atoms with van der Waals surface area (Å²) in [6, 6.07) is 43.1. The third kappa shape index (κ3) is 19.2. The van der Waals surface area contributed by atoms with Crippen LogP contribution in [0.3, 0.4) is 0 Å². The van der Waals surface area contributed by atoms with Crippen LogP contribution in [0.5, 0.6) is 57.5 Å². The highest BCUT2D eigenvalue weighted by Gasteiger charge is 2.35. The second kappa shape index (κ2) is 33.0. The van der Waals surface area contributed by atoms with E-state index in [2.05, 4.69) is 301 Å². The Balaban J connectivity index is 1.14. The van der Waals surface area contributed by atoms with Crippen molar-refractivity contribution in [2.45, 2.75) is 328 Å². The van der Waals surface area contributed by atoms with Crippen molar-refractivity contribution in [2.24, 2.45) is 0 Å². The highest BCUT2D eigenvalue weighted by Crippen LogP contribution is 2.60. The minimum Gasteiger partial charge on any atom is -0.506 e. The molecule has 0 atom stereocenters. The van der Waals surface area contributed by atoms with E-state index < -0.39 is 0 Å². The molecule has 18 heteroatoms. The maximum atomic E-state index is 13.4. The number of ether oxygens (including phenoxy) is 6. The molecule has 0 saturated carbocycles. The van der Waals surface area contributed by atoms with Crippen LogP contribution in [-0.4, -0.2) is 34.6 Å². The highest BCUT2D eigenvalue weighted by molar-refractivity contribution is 8.02. The maximum absolute atomic E-state index is 13.4. The molecule has 24 bridgehead atoms. The number of methoxy groups -OCH3 is 2. The summed E-state index contributed by atoms with van der Waals surface area (Å²) in [6.45, 7) is 57.4. The van der Waals surface area contributed by atoms with Crippen molar-refractivity contribution in [1.29, 1.82) is 0 Å². The van der Waals surface area contributed by atoms with Gasteiger partial charge in [-0.3, -0.25) is 0 Å². The second-order valence-corrected chi connectivity index (χ2v) is 48.4. The number of hydrogen-bond donors (Lipinski definition) is 4. The van der Waals surface area contributed by atoms with E-state index >= 15 is 0 Å². The predicted molar refractivity (Wildman–Crippen MR) is 494 cm³/mol. The van der Waals surface area contributed by atoms with Crippen molar-refractivity contribution in [3.8, 4) is 57.5 Å². The molecule has 0 radical (unpaired) electrons. The number of aryl methyl sites for hydroxylation is 2. The van der Waals surface area contributed by atoms with Gasteiger partial charge in [-0.2, -0.15) is 0 Å². The molecule has 10 nitrogen and oxygen atoms in total. The number of benzene rings is 10. The minimum absolute atomic E-state index is 0.0476. The summed E-state index contributed by atoms with van der Waals surface area (Å²) in [7, 11) is 3.39. The van der Waals surface area contributed by atoms with Crippen molar-refractivity contribution in [2.75, 3.05) is 14.2 Å². The molecule has 0 unspecified atom stereocenters. The molecule has 118 heavy (non-hydrogen) atoms. The van der Waals surface area contributed by atoms with E-state index in [1.807, 2.05) is 0 Å². The van der Waals surface area contributed by atoms with Crippen LogP contribution in [0, 0.1) is 13.8 Å². The molecule has 624 valence electrons.